The molecule has 1 aliphatic rings. The maximum Gasteiger partial charge on any atom is 0.354 e. The van der Waals surface area contributed by atoms with E-state index in [1.165, 1.54) is 15.5 Å². The molecule has 1 aromatic heterocycles. The van der Waals surface area contributed by atoms with Gasteiger partial charge in [-0.05, 0) is 66.8 Å². The van der Waals surface area contributed by atoms with E-state index in [0.717, 1.165) is 0 Å². The number of urea groups is 1. The molecule has 4 aromatic rings. The number of aromatic hydroxyl groups is 1. The van der Waals surface area contributed by atoms with Crippen molar-refractivity contribution in [3.05, 3.63) is 111 Å². The number of nitrogens with zero attached hydrogens (tertiary/aromatic N) is 3. The fourth-order valence-electron chi connectivity index (χ4n) is 3.67. The Bertz CT molecular complexity index is 1630. The molecule has 0 radical (unpaired) electrons. The van der Waals surface area contributed by atoms with Gasteiger partial charge in [-0.1, -0.05) is 48.0 Å². The lowest BCUT2D eigenvalue weighted by Crippen LogP contribution is -2.24. The first-order valence-electron chi connectivity index (χ1n) is 10.7. The van der Waals surface area contributed by atoms with Gasteiger partial charge in [-0.2, -0.15) is 4.99 Å². The average molecular weight is 517 g/mol. The maximum absolute atomic E-state index is 12.8. The van der Waals surface area contributed by atoms with E-state index in [-0.39, 0.29) is 21.2 Å². The van der Waals surface area contributed by atoms with Crippen molar-refractivity contribution >= 4 is 46.8 Å². The standard InChI is InChI=1S/C26H17ClN4O4S/c27-22-21(30(25(34)28-22)16-7-3-1-4-8-16)15-20-23(32)29-26(36)31(24(20)33)17-11-13-19(14-12-17)35-18-9-5-2-6-10-18/h1-15,33H,(H,29,32,36). The van der Waals surface area contributed by atoms with Crippen molar-refractivity contribution in [1.29, 1.82) is 0 Å². The van der Waals surface area contributed by atoms with Crippen LogP contribution in [0.15, 0.2) is 100 Å². The summed E-state index contributed by atoms with van der Waals surface area (Å²) in [6.07, 6.45) is 1.30. The Labute approximate surface area is 215 Å². The van der Waals surface area contributed by atoms with E-state index < -0.39 is 17.5 Å². The van der Waals surface area contributed by atoms with Gasteiger partial charge in [-0.3, -0.25) is 19.2 Å². The lowest BCUT2D eigenvalue weighted by molar-refractivity contribution is 0.257. The number of rotatable bonds is 5. The predicted molar refractivity (Wildman–Crippen MR) is 141 cm³/mol. The SMILES string of the molecule is O=C1N=C(Cl)C(=Cc2c(O)n(-c3ccc(Oc4ccccc4)cc3)c(=S)[nH]c2=O)N1c1ccccc1. The molecule has 1 aliphatic heterocycles. The number of hydrogen-bond acceptors (Lipinski definition) is 5. The summed E-state index contributed by atoms with van der Waals surface area (Å²) >= 11 is 11.5. The third kappa shape index (κ3) is 4.45. The zero-order valence-electron chi connectivity index (χ0n) is 18.5. The van der Waals surface area contributed by atoms with E-state index in [1.54, 1.807) is 54.6 Å². The van der Waals surface area contributed by atoms with Gasteiger partial charge >= 0.3 is 6.03 Å². The Kier molecular flexibility index (Phi) is 6.24. The van der Waals surface area contributed by atoms with Crippen LogP contribution >= 0.6 is 23.8 Å². The summed E-state index contributed by atoms with van der Waals surface area (Å²) in [5, 5.41) is 11.0. The van der Waals surface area contributed by atoms with Crippen molar-refractivity contribution in [2.24, 2.45) is 4.99 Å². The highest BCUT2D eigenvalue weighted by Gasteiger charge is 2.30. The Morgan fingerprint density at radius 3 is 2.17 bits per heavy atom. The third-order valence-corrected chi connectivity index (χ3v) is 5.89. The van der Waals surface area contributed by atoms with Gasteiger partial charge in [0.15, 0.2) is 9.94 Å². The Balaban J connectivity index is 1.55. The molecule has 10 heteroatoms. The second-order valence-corrected chi connectivity index (χ2v) is 8.37. The van der Waals surface area contributed by atoms with E-state index in [2.05, 4.69) is 9.98 Å². The van der Waals surface area contributed by atoms with Gasteiger partial charge in [0.2, 0.25) is 5.88 Å². The van der Waals surface area contributed by atoms with Gasteiger partial charge in [0.1, 0.15) is 17.1 Å². The van der Waals surface area contributed by atoms with E-state index >= 15 is 0 Å². The van der Waals surface area contributed by atoms with Crippen molar-refractivity contribution in [1.82, 2.24) is 9.55 Å². The van der Waals surface area contributed by atoms with Crippen molar-refractivity contribution in [2.45, 2.75) is 0 Å². The summed E-state index contributed by atoms with van der Waals surface area (Å²) in [5.41, 5.74) is 0.333. The maximum atomic E-state index is 12.8. The number of aliphatic imine (C=N–C) groups is 1. The van der Waals surface area contributed by atoms with Crippen LogP contribution in [0.3, 0.4) is 0 Å². The van der Waals surface area contributed by atoms with Crippen LogP contribution < -0.4 is 15.2 Å². The number of aromatic amines is 1. The number of benzene rings is 3. The van der Waals surface area contributed by atoms with Crippen molar-refractivity contribution in [3.63, 3.8) is 0 Å². The van der Waals surface area contributed by atoms with Crippen molar-refractivity contribution in [3.8, 4) is 23.1 Å². The number of para-hydroxylation sites is 2. The number of carbonyl (C=O) groups excluding carboxylic acids is 1. The predicted octanol–water partition coefficient (Wildman–Crippen LogP) is 6.01. The van der Waals surface area contributed by atoms with Crippen LogP contribution in [0.2, 0.25) is 0 Å². The number of halogens is 1. The van der Waals surface area contributed by atoms with Crippen LogP contribution in [0.25, 0.3) is 11.8 Å². The van der Waals surface area contributed by atoms with Gasteiger partial charge in [0.05, 0.1) is 17.1 Å². The highest BCUT2D eigenvalue weighted by atomic mass is 35.5. The first-order valence-corrected chi connectivity index (χ1v) is 11.5. The molecular weight excluding hydrogens is 500 g/mol. The van der Waals surface area contributed by atoms with Crippen LogP contribution in [0, 0.1) is 4.77 Å². The highest BCUT2D eigenvalue weighted by molar-refractivity contribution is 7.71. The molecule has 5 rings (SSSR count). The molecule has 0 bridgehead atoms. The van der Waals surface area contributed by atoms with Gasteiger partial charge in [0, 0.05) is 0 Å². The molecular formula is C26H17ClN4O4S. The molecule has 0 atom stereocenters. The summed E-state index contributed by atoms with van der Waals surface area (Å²) in [7, 11) is 0. The average Bonchev–Trinajstić information content (AvgIpc) is 3.16. The summed E-state index contributed by atoms with van der Waals surface area (Å²) in [5.74, 6) is 0.828. The number of hydrogen-bond donors (Lipinski definition) is 2. The van der Waals surface area contributed by atoms with Gasteiger partial charge in [0.25, 0.3) is 5.56 Å². The monoisotopic (exact) mass is 516 g/mol. The molecule has 8 nitrogen and oxygen atoms in total. The minimum Gasteiger partial charge on any atom is -0.494 e. The largest absolute Gasteiger partial charge is 0.494 e. The molecule has 36 heavy (non-hydrogen) atoms. The molecule has 178 valence electrons. The molecule has 3 aromatic carbocycles. The zero-order chi connectivity index (χ0) is 25.2. The third-order valence-electron chi connectivity index (χ3n) is 5.33. The number of aromatic nitrogens is 2. The highest BCUT2D eigenvalue weighted by Crippen LogP contribution is 2.31. The van der Waals surface area contributed by atoms with Crippen LogP contribution in [0.5, 0.6) is 17.4 Å². The Hall–Kier alpha value is -4.47. The lowest BCUT2D eigenvalue weighted by Gasteiger charge is -2.17. The topological polar surface area (TPSA) is 99.9 Å². The molecule has 0 aliphatic carbocycles. The fraction of sp³-hybridized carbons (Fsp3) is 0. The van der Waals surface area contributed by atoms with Crippen LogP contribution in [0.4, 0.5) is 10.5 Å². The van der Waals surface area contributed by atoms with E-state index in [1.807, 2.05) is 30.3 Å². The first-order chi connectivity index (χ1) is 17.4. The zero-order valence-corrected chi connectivity index (χ0v) is 20.0. The Morgan fingerprint density at radius 1 is 0.889 bits per heavy atom. The van der Waals surface area contributed by atoms with Gasteiger partial charge in [-0.15, -0.1) is 0 Å². The van der Waals surface area contributed by atoms with Gasteiger partial charge < -0.3 is 9.84 Å². The molecule has 0 saturated carbocycles. The van der Waals surface area contributed by atoms with Crippen LogP contribution in [0.1, 0.15) is 5.56 Å². The first kappa shape index (κ1) is 23.3. The molecule has 2 amide bonds. The molecule has 2 N–H and O–H groups in total. The van der Waals surface area contributed by atoms with E-state index in [0.29, 0.717) is 22.9 Å². The summed E-state index contributed by atoms with van der Waals surface area (Å²) in [6.45, 7) is 0. The minimum atomic E-state index is -0.651. The number of amides is 2. The summed E-state index contributed by atoms with van der Waals surface area (Å²) in [6, 6.07) is 24.2. The minimum absolute atomic E-state index is 0.0152. The van der Waals surface area contributed by atoms with Crippen molar-refractivity contribution < 1.29 is 14.6 Å². The summed E-state index contributed by atoms with van der Waals surface area (Å²) < 4.78 is 7.09. The molecule has 0 fully saturated rings. The number of anilines is 1. The lowest BCUT2D eigenvalue weighted by atomic mass is 10.2. The number of nitrogens with one attached hydrogen (secondary N) is 1. The molecule has 0 unspecified atom stereocenters. The van der Waals surface area contributed by atoms with Crippen LogP contribution in [-0.2, 0) is 0 Å². The molecule has 2 heterocycles. The van der Waals surface area contributed by atoms with E-state index in [9.17, 15) is 14.7 Å². The quantitative estimate of drug-likeness (QED) is 0.316. The number of carbonyl (C=O) groups is 1. The summed E-state index contributed by atoms with van der Waals surface area (Å²) in [4.78, 5) is 32.9. The molecule has 0 spiro atoms. The van der Waals surface area contributed by atoms with Crippen molar-refractivity contribution in [2.75, 3.05) is 4.90 Å². The van der Waals surface area contributed by atoms with Gasteiger partial charge in [-0.25, -0.2) is 4.79 Å². The fourth-order valence-corrected chi connectivity index (χ4v) is 4.17. The normalized spacial score (nSPS) is 14.2. The number of allylic oxidation sites excluding steroid dienone is 1. The second kappa shape index (κ2) is 9.65. The number of ether oxygens (including phenoxy) is 1. The second-order valence-electron chi connectivity index (χ2n) is 7.63. The Morgan fingerprint density at radius 2 is 1.50 bits per heavy atom. The van der Waals surface area contributed by atoms with E-state index in [4.69, 9.17) is 28.6 Å². The number of H-pyrrole nitrogens is 1. The van der Waals surface area contributed by atoms with Crippen LogP contribution in [-0.4, -0.2) is 25.9 Å². The smallest absolute Gasteiger partial charge is 0.354 e. The molecule has 0 saturated heterocycles.